The lowest BCUT2D eigenvalue weighted by Gasteiger charge is -2.05. The van der Waals surface area contributed by atoms with Gasteiger partial charge in [0.15, 0.2) is 6.20 Å². The number of benzene rings is 3. The highest BCUT2D eigenvalue weighted by molar-refractivity contribution is 7.85. The smallest absolute Gasteiger partial charge is 0.213 e. The van der Waals surface area contributed by atoms with Crippen LogP contribution in [0.4, 0.5) is 5.69 Å². The van der Waals surface area contributed by atoms with Crippen molar-refractivity contribution in [2.45, 2.75) is 25.3 Å². The monoisotopic (exact) mass is 446 g/mol. The van der Waals surface area contributed by atoms with Gasteiger partial charge in [-0.3, -0.25) is 0 Å². The summed E-state index contributed by atoms with van der Waals surface area (Å²) in [6, 6.07) is 26.6. The maximum atomic E-state index is 10.4. The van der Waals surface area contributed by atoms with Crippen LogP contribution >= 0.6 is 0 Å². The average Bonchev–Trinajstić information content (AvgIpc) is 2.80. The minimum Gasteiger partial charge on any atom is -0.744 e. The van der Waals surface area contributed by atoms with Crippen molar-refractivity contribution in [3.63, 3.8) is 0 Å². The molecule has 0 bridgehead atoms. The average molecular weight is 447 g/mol. The van der Waals surface area contributed by atoms with Gasteiger partial charge in [-0.25, -0.2) is 8.42 Å². The van der Waals surface area contributed by atoms with Crippen LogP contribution in [0.25, 0.3) is 17.0 Å². The Bertz CT molecular complexity index is 1300. The highest BCUT2D eigenvalue weighted by Gasteiger charge is 2.08. The molecular weight excluding hydrogens is 420 g/mol. The van der Waals surface area contributed by atoms with Gasteiger partial charge in [0, 0.05) is 24.0 Å². The number of hydrogen-bond acceptors (Lipinski definition) is 4. The largest absolute Gasteiger partial charge is 0.744 e. The third-order valence-electron chi connectivity index (χ3n) is 4.90. The first kappa shape index (κ1) is 23.2. The molecule has 0 radical (unpaired) electrons. The standard InChI is InChI=1S/C19H18N2.C7H8O3S/c1-2-21-15-13-16(18-10-6-7-11-19(18)21)12-14-20-17-8-4-3-5-9-17;1-6-2-4-7(5-3-6)11(8,9)10/h3-15H,2H2,1H3;2-5H,1H3,(H,8,9,10). The van der Waals surface area contributed by atoms with Crippen LogP contribution < -0.4 is 9.88 Å². The number of pyridine rings is 1. The molecule has 0 fully saturated rings. The minimum absolute atomic E-state index is 0.178. The Hall–Kier alpha value is -3.48. The van der Waals surface area contributed by atoms with E-state index >= 15 is 0 Å². The molecular formula is C26H26N2O3S. The summed E-state index contributed by atoms with van der Waals surface area (Å²) in [6.07, 6.45) is 6.26. The number of anilines is 1. The summed E-state index contributed by atoms with van der Waals surface area (Å²) in [7, 11) is -4.27. The first-order chi connectivity index (χ1) is 15.4. The predicted octanol–water partition coefficient (Wildman–Crippen LogP) is 5.13. The maximum Gasteiger partial charge on any atom is 0.213 e. The van der Waals surface area contributed by atoms with Gasteiger partial charge in [0.1, 0.15) is 16.7 Å². The number of fused-ring (bicyclic) bond motifs is 1. The van der Waals surface area contributed by atoms with Crippen molar-refractivity contribution < 1.29 is 17.5 Å². The molecule has 0 amide bonds. The molecule has 1 aromatic heterocycles. The van der Waals surface area contributed by atoms with Crippen molar-refractivity contribution in [2.24, 2.45) is 0 Å². The molecule has 0 aliphatic carbocycles. The molecule has 4 aromatic rings. The first-order valence-corrected chi connectivity index (χ1v) is 11.7. The molecule has 5 nitrogen and oxygen atoms in total. The zero-order valence-corrected chi connectivity index (χ0v) is 18.9. The fourth-order valence-electron chi connectivity index (χ4n) is 3.20. The van der Waals surface area contributed by atoms with E-state index in [2.05, 4.69) is 71.5 Å². The van der Waals surface area contributed by atoms with Gasteiger partial charge in [0.05, 0.1) is 10.3 Å². The topological polar surface area (TPSA) is 73.1 Å². The van der Waals surface area contributed by atoms with Gasteiger partial charge >= 0.3 is 0 Å². The maximum absolute atomic E-state index is 10.4. The lowest BCUT2D eigenvalue weighted by atomic mass is 10.1. The summed E-state index contributed by atoms with van der Waals surface area (Å²) < 4.78 is 33.4. The van der Waals surface area contributed by atoms with E-state index in [9.17, 15) is 13.0 Å². The normalized spacial score (nSPS) is 11.2. The van der Waals surface area contributed by atoms with Crippen molar-refractivity contribution in [1.29, 1.82) is 0 Å². The SMILES string of the molecule is CC[n+]1ccc(/C=C/Nc2ccccc2)c2ccccc21.Cc1ccc(S(=O)(=O)[O-])cc1. The summed E-state index contributed by atoms with van der Waals surface area (Å²) in [6.45, 7) is 4.97. The molecule has 1 heterocycles. The Balaban J connectivity index is 0.000000222. The number of para-hydroxylation sites is 2. The van der Waals surface area contributed by atoms with Gasteiger partial charge in [0.2, 0.25) is 5.52 Å². The number of rotatable bonds is 5. The predicted molar refractivity (Wildman–Crippen MR) is 128 cm³/mol. The van der Waals surface area contributed by atoms with E-state index in [1.54, 1.807) is 12.1 Å². The molecule has 3 aromatic carbocycles. The fraction of sp³-hybridized carbons (Fsp3) is 0.115. The Kier molecular flexibility index (Phi) is 7.76. The summed E-state index contributed by atoms with van der Waals surface area (Å²) >= 11 is 0. The van der Waals surface area contributed by atoms with Crippen LogP contribution in [0.3, 0.4) is 0 Å². The fourth-order valence-corrected chi connectivity index (χ4v) is 3.67. The van der Waals surface area contributed by atoms with Gasteiger partial charge < -0.3 is 9.87 Å². The van der Waals surface area contributed by atoms with E-state index in [-0.39, 0.29) is 4.90 Å². The van der Waals surface area contributed by atoms with Gasteiger partial charge in [-0.1, -0.05) is 48.0 Å². The molecule has 0 saturated heterocycles. The molecule has 32 heavy (non-hydrogen) atoms. The second-order valence-corrected chi connectivity index (χ2v) is 8.56. The lowest BCUT2D eigenvalue weighted by Crippen LogP contribution is -2.32. The van der Waals surface area contributed by atoms with Crippen LogP contribution in [0.1, 0.15) is 18.1 Å². The zero-order valence-electron chi connectivity index (χ0n) is 18.1. The Morgan fingerprint density at radius 3 is 2.22 bits per heavy atom. The molecule has 4 rings (SSSR count). The molecule has 0 aliphatic rings. The van der Waals surface area contributed by atoms with Crippen molar-refractivity contribution in [2.75, 3.05) is 5.32 Å². The summed E-state index contributed by atoms with van der Waals surface area (Å²) in [5.74, 6) is 0. The molecule has 0 atom stereocenters. The molecule has 1 N–H and O–H groups in total. The van der Waals surface area contributed by atoms with Crippen molar-refractivity contribution in [1.82, 2.24) is 0 Å². The molecule has 0 aliphatic heterocycles. The minimum atomic E-state index is -4.27. The number of nitrogens with one attached hydrogen (secondary N) is 1. The van der Waals surface area contributed by atoms with Crippen LogP contribution in [-0.2, 0) is 16.7 Å². The van der Waals surface area contributed by atoms with E-state index in [4.69, 9.17) is 0 Å². The Morgan fingerprint density at radius 2 is 1.56 bits per heavy atom. The van der Waals surface area contributed by atoms with Gasteiger partial charge in [-0.2, -0.15) is 4.57 Å². The second kappa shape index (κ2) is 10.7. The number of aromatic nitrogens is 1. The third kappa shape index (κ3) is 6.26. The molecule has 0 saturated carbocycles. The van der Waals surface area contributed by atoms with Crippen molar-refractivity contribution >= 4 is 32.8 Å². The van der Waals surface area contributed by atoms with Crippen LogP contribution in [0.2, 0.25) is 0 Å². The summed E-state index contributed by atoms with van der Waals surface area (Å²) in [5.41, 5.74) is 4.51. The van der Waals surface area contributed by atoms with E-state index in [1.807, 2.05) is 31.3 Å². The molecule has 6 heteroatoms. The highest BCUT2D eigenvalue weighted by Crippen LogP contribution is 2.17. The Morgan fingerprint density at radius 1 is 0.906 bits per heavy atom. The summed E-state index contributed by atoms with van der Waals surface area (Å²) in [4.78, 5) is -0.178. The number of hydrogen-bond donors (Lipinski definition) is 1. The molecule has 0 unspecified atom stereocenters. The summed E-state index contributed by atoms with van der Waals surface area (Å²) in [5, 5.41) is 4.57. The van der Waals surface area contributed by atoms with Crippen LogP contribution in [-0.4, -0.2) is 13.0 Å². The lowest BCUT2D eigenvalue weighted by molar-refractivity contribution is -0.667. The van der Waals surface area contributed by atoms with Gasteiger partial charge in [0.25, 0.3) is 0 Å². The first-order valence-electron chi connectivity index (χ1n) is 10.3. The quantitative estimate of drug-likeness (QED) is 0.341. The highest BCUT2D eigenvalue weighted by atomic mass is 32.2. The van der Waals surface area contributed by atoms with E-state index in [1.165, 1.54) is 28.6 Å². The van der Waals surface area contributed by atoms with Gasteiger partial charge in [-0.15, -0.1) is 0 Å². The van der Waals surface area contributed by atoms with Crippen LogP contribution in [0.15, 0.2) is 102 Å². The van der Waals surface area contributed by atoms with E-state index in [0.29, 0.717) is 0 Å². The Labute approximate surface area is 189 Å². The van der Waals surface area contributed by atoms with Crippen LogP contribution in [0, 0.1) is 6.92 Å². The van der Waals surface area contributed by atoms with E-state index < -0.39 is 10.1 Å². The molecule has 164 valence electrons. The van der Waals surface area contributed by atoms with Crippen molar-refractivity contribution in [3.05, 3.63) is 108 Å². The zero-order chi connectivity index (χ0) is 23.0. The van der Waals surface area contributed by atoms with Crippen LogP contribution in [0.5, 0.6) is 0 Å². The molecule has 0 spiro atoms. The van der Waals surface area contributed by atoms with Crippen molar-refractivity contribution in [3.8, 4) is 0 Å². The second-order valence-electron chi connectivity index (χ2n) is 7.19. The third-order valence-corrected chi connectivity index (χ3v) is 5.75. The number of aryl methyl sites for hydroxylation is 2. The van der Waals surface area contributed by atoms with E-state index in [0.717, 1.165) is 17.8 Å². The van der Waals surface area contributed by atoms with Gasteiger partial charge in [-0.05, 0) is 55.8 Å². The number of nitrogens with zero attached hydrogens (tertiary/aromatic N) is 1.